The van der Waals surface area contributed by atoms with Crippen molar-refractivity contribution in [3.63, 3.8) is 0 Å². The van der Waals surface area contributed by atoms with Crippen molar-refractivity contribution in [3.8, 4) is 23.0 Å². The van der Waals surface area contributed by atoms with E-state index in [1.807, 2.05) is 0 Å². The zero-order valence-corrected chi connectivity index (χ0v) is 17.1. The molecule has 2 aromatic carbocycles. The fourth-order valence-electron chi connectivity index (χ4n) is 2.77. The highest BCUT2D eigenvalue weighted by molar-refractivity contribution is 7.92. The minimum atomic E-state index is -4.31. The van der Waals surface area contributed by atoms with Crippen LogP contribution in [0.2, 0.25) is 5.02 Å². The van der Waals surface area contributed by atoms with Crippen molar-refractivity contribution in [2.24, 2.45) is 0 Å². The van der Waals surface area contributed by atoms with E-state index < -0.39 is 22.5 Å². The van der Waals surface area contributed by atoms with E-state index in [4.69, 9.17) is 30.5 Å². The molecule has 0 bridgehead atoms. The van der Waals surface area contributed by atoms with Gasteiger partial charge in [-0.3, -0.25) is 9.10 Å². The van der Waals surface area contributed by atoms with Gasteiger partial charge in [-0.25, -0.2) is 8.42 Å². The third-order valence-electron chi connectivity index (χ3n) is 4.10. The zero-order chi connectivity index (χ0) is 21.2. The first-order valence-corrected chi connectivity index (χ1v) is 10.2. The van der Waals surface area contributed by atoms with Gasteiger partial charge in [-0.15, -0.1) is 0 Å². The van der Waals surface area contributed by atoms with Crippen LogP contribution < -0.4 is 23.3 Å². The molecule has 0 unspecified atom stereocenters. The average Bonchev–Trinajstić information content (AvgIpc) is 2.71. The van der Waals surface area contributed by atoms with Crippen LogP contribution in [0.1, 0.15) is 0 Å². The molecule has 2 aromatic rings. The van der Waals surface area contributed by atoms with Gasteiger partial charge in [0.1, 0.15) is 31.3 Å². The smallest absolute Gasteiger partial charge is 0.324 e. The number of sulfonamides is 1. The summed E-state index contributed by atoms with van der Waals surface area (Å²) in [6.07, 6.45) is 0. The van der Waals surface area contributed by atoms with Crippen molar-refractivity contribution in [3.05, 3.63) is 35.4 Å². The van der Waals surface area contributed by atoms with Gasteiger partial charge in [-0.1, -0.05) is 11.6 Å². The Morgan fingerprint density at radius 2 is 1.76 bits per heavy atom. The molecule has 1 heterocycles. The second-order valence-corrected chi connectivity index (χ2v) is 8.14. The third kappa shape index (κ3) is 4.13. The third-order valence-corrected chi connectivity index (χ3v) is 6.15. The molecular formula is C18H18ClNO8S. The van der Waals surface area contributed by atoms with Gasteiger partial charge < -0.3 is 24.1 Å². The van der Waals surface area contributed by atoms with E-state index >= 15 is 0 Å². The fraction of sp³-hybridized carbons (Fsp3) is 0.278. The summed E-state index contributed by atoms with van der Waals surface area (Å²) in [6, 6.07) is 6.72. The first kappa shape index (κ1) is 20.9. The number of hydrogen-bond acceptors (Lipinski definition) is 7. The van der Waals surface area contributed by atoms with Crippen molar-refractivity contribution in [1.29, 1.82) is 0 Å². The normalized spacial score (nSPS) is 12.9. The summed E-state index contributed by atoms with van der Waals surface area (Å²) in [5.74, 6) is -0.463. The molecular weight excluding hydrogens is 426 g/mol. The minimum absolute atomic E-state index is 0.0361. The molecule has 3 rings (SSSR count). The Morgan fingerprint density at radius 1 is 1.10 bits per heavy atom. The summed E-state index contributed by atoms with van der Waals surface area (Å²) in [7, 11) is -1.64. The Balaban J connectivity index is 2.15. The minimum Gasteiger partial charge on any atom is -0.495 e. The number of carbonyl (C=O) groups is 1. The number of halogens is 1. The maximum absolute atomic E-state index is 13.3. The van der Waals surface area contributed by atoms with Crippen LogP contribution >= 0.6 is 11.6 Å². The van der Waals surface area contributed by atoms with Gasteiger partial charge in [0.15, 0.2) is 11.5 Å². The summed E-state index contributed by atoms with van der Waals surface area (Å²) < 4.78 is 48.6. The molecule has 0 radical (unpaired) electrons. The Kier molecular flexibility index (Phi) is 5.94. The molecule has 11 heteroatoms. The number of carboxylic acid groups (broad SMARTS) is 1. The number of carboxylic acids is 1. The molecule has 0 fully saturated rings. The monoisotopic (exact) mass is 443 g/mol. The summed E-state index contributed by atoms with van der Waals surface area (Å²) in [5, 5.41) is 9.52. The molecule has 1 aliphatic heterocycles. The van der Waals surface area contributed by atoms with Crippen LogP contribution in [-0.4, -0.2) is 53.5 Å². The van der Waals surface area contributed by atoms with E-state index in [0.717, 1.165) is 0 Å². The molecule has 9 nitrogen and oxygen atoms in total. The number of ether oxygens (including phenoxy) is 4. The molecule has 0 saturated heterocycles. The van der Waals surface area contributed by atoms with Crippen molar-refractivity contribution < 1.29 is 37.3 Å². The molecule has 0 aliphatic carbocycles. The number of anilines is 1. The topological polar surface area (TPSA) is 112 Å². The SMILES string of the molecule is COc1cc(N(CC(=O)O)S(=O)(=O)c2ccc3c(c2)OCCO3)c(OC)cc1Cl. The van der Waals surface area contributed by atoms with Crippen molar-refractivity contribution in [2.45, 2.75) is 4.90 Å². The van der Waals surface area contributed by atoms with E-state index in [0.29, 0.717) is 16.7 Å². The van der Waals surface area contributed by atoms with Gasteiger partial charge >= 0.3 is 5.97 Å². The Hall–Kier alpha value is -2.85. The van der Waals surface area contributed by atoms with Crippen molar-refractivity contribution >= 4 is 33.3 Å². The van der Waals surface area contributed by atoms with Crippen molar-refractivity contribution in [1.82, 2.24) is 0 Å². The van der Waals surface area contributed by atoms with E-state index in [-0.39, 0.29) is 39.5 Å². The lowest BCUT2D eigenvalue weighted by atomic mass is 10.2. The first-order chi connectivity index (χ1) is 13.8. The quantitative estimate of drug-likeness (QED) is 0.694. The zero-order valence-electron chi connectivity index (χ0n) is 15.5. The highest BCUT2D eigenvalue weighted by Gasteiger charge is 2.31. The largest absolute Gasteiger partial charge is 0.495 e. The number of methoxy groups -OCH3 is 2. The molecule has 0 spiro atoms. The van der Waals surface area contributed by atoms with Gasteiger partial charge in [0.05, 0.1) is 29.8 Å². The maximum atomic E-state index is 13.3. The number of aliphatic carboxylic acids is 1. The average molecular weight is 444 g/mol. The number of benzene rings is 2. The van der Waals surface area contributed by atoms with Gasteiger partial charge in [-0.05, 0) is 12.1 Å². The van der Waals surface area contributed by atoms with Gasteiger partial charge in [0.25, 0.3) is 10.0 Å². The van der Waals surface area contributed by atoms with Crippen LogP contribution in [0.25, 0.3) is 0 Å². The van der Waals surface area contributed by atoms with E-state index in [2.05, 4.69) is 0 Å². The van der Waals surface area contributed by atoms with Crippen molar-refractivity contribution in [2.75, 3.05) is 38.3 Å². The molecule has 0 atom stereocenters. The predicted molar refractivity (Wildman–Crippen MR) is 104 cm³/mol. The maximum Gasteiger partial charge on any atom is 0.324 e. The van der Waals surface area contributed by atoms with Crippen LogP contribution in [0.3, 0.4) is 0 Å². The Bertz CT molecular complexity index is 1040. The summed E-state index contributed by atoms with van der Waals surface area (Å²) in [6.45, 7) is -0.221. The van der Waals surface area contributed by atoms with Crippen LogP contribution in [0.5, 0.6) is 23.0 Å². The van der Waals surface area contributed by atoms with Gasteiger partial charge in [0, 0.05) is 18.2 Å². The molecule has 0 aromatic heterocycles. The Labute approximate surface area is 172 Å². The van der Waals surface area contributed by atoms with Gasteiger partial charge in [0.2, 0.25) is 0 Å². The number of rotatable bonds is 7. The summed E-state index contributed by atoms with van der Waals surface area (Å²) >= 11 is 6.08. The highest BCUT2D eigenvalue weighted by Crippen LogP contribution is 2.41. The molecule has 156 valence electrons. The molecule has 1 N–H and O–H groups in total. The van der Waals surface area contributed by atoms with Gasteiger partial charge in [-0.2, -0.15) is 0 Å². The predicted octanol–water partition coefficient (Wildman–Crippen LogP) is 2.41. The molecule has 1 aliphatic rings. The van der Waals surface area contributed by atoms with Crippen LogP contribution in [0.15, 0.2) is 35.2 Å². The number of nitrogens with zero attached hydrogens (tertiary/aromatic N) is 1. The standard InChI is InChI=1S/C18H18ClNO8S/c1-25-15-9-13(16(26-2)8-12(15)19)20(10-18(21)22)29(23,24)11-3-4-14-17(7-11)28-6-5-27-14/h3-4,7-9H,5-6,10H2,1-2H3,(H,21,22). The van der Waals surface area contributed by atoms with Crippen LogP contribution in [0, 0.1) is 0 Å². The second kappa shape index (κ2) is 8.26. The molecule has 0 amide bonds. The lowest BCUT2D eigenvalue weighted by Gasteiger charge is -2.26. The lowest BCUT2D eigenvalue weighted by molar-refractivity contribution is -0.135. The summed E-state index contributed by atoms with van der Waals surface area (Å²) in [5.41, 5.74) is -0.0361. The Morgan fingerprint density at radius 3 is 2.38 bits per heavy atom. The molecule has 29 heavy (non-hydrogen) atoms. The summed E-state index contributed by atoms with van der Waals surface area (Å²) in [4.78, 5) is 11.3. The number of fused-ring (bicyclic) bond motifs is 1. The lowest BCUT2D eigenvalue weighted by Crippen LogP contribution is -2.36. The number of hydrogen-bond donors (Lipinski definition) is 1. The highest BCUT2D eigenvalue weighted by atomic mass is 35.5. The van der Waals surface area contributed by atoms with E-state index in [9.17, 15) is 18.3 Å². The van der Waals surface area contributed by atoms with E-state index in [1.165, 1.54) is 44.6 Å². The molecule has 0 saturated carbocycles. The fourth-order valence-corrected chi connectivity index (χ4v) is 4.44. The second-order valence-electron chi connectivity index (χ2n) is 5.87. The van der Waals surface area contributed by atoms with Crippen LogP contribution in [0.4, 0.5) is 5.69 Å². The first-order valence-electron chi connectivity index (χ1n) is 8.33. The van der Waals surface area contributed by atoms with Crippen LogP contribution in [-0.2, 0) is 14.8 Å². The van der Waals surface area contributed by atoms with E-state index in [1.54, 1.807) is 0 Å².